The number of rotatable bonds is 5. The lowest BCUT2D eigenvalue weighted by molar-refractivity contribution is 0.415. The smallest absolute Gasteiger partial charge is 0.190 e. The minimum absolute atomic E-state index is 0.832. The molecule has 0 N–H and O–H groups in total. The van der Waals surface area contributed by atoms with Crippen LogP contribution in [0.2, 0.25) is 0 Å². The molecule has 3 nitrogen and oxygen atoms in total. The highest BCUT2D eigenvalue weighted by Crippen LogP contribution is 2.26. The molecule has 0 saturated carbocycles. The maximum absolute atomic E-state index is 5.27. The zero-order valence-electron chi connectivity index (χ0n) is 12.7. The minimum atomic E-state index is 0.832. The fourth-order valence-corrected chi connectivity index (χ4v) is 4.04. The Labute approximate surface area is 138 Å². The number of hydrogen-bond acceptors (Lipinski definition) is 4. The second-order valence-electron chi connectivity index (χ2n) is 4.85. The molecule has 0 aliphatic heterocycles. The molecule has 2 aromatic heterocycles. The van der Waals surface area contributed by atoms with Gasteiger partial charge in [0.05, 0.1) is 23.4 Å². The van der Waals surface area contributed by atoms with Crippen LogP contribution in [0.3, 0.4) is 0 Å². The first kappa shape index (κ1) is 15.1. The van der Waals surface area contributed by atoms with Gasteiger partial charge in [0.15, 0.2) is 4.80 Å². The van der Waals surface area contributed by atoms with E-state index in [1.54, 1.807) is 29.8 Å². The molecule has 0 bridgehead atoms. The highest BCUT2D eigenvalue weighted by Gasteiger charge is 2.08. The van der Waals surface area contributed by atoms with E-state index in [0.29, 0.717) is 0 Å². The van der Waals surface area contributed by atoms with Gasteiger partial charge in [0, 0.05) is 18.0 Å². The second kappa shape index (κ2) is 6.94. The van der Waals surface area contributed by atoms with E-state index < -0.39 is 0 Å². The molecule has 0 amide bonds. The van der Waals surface area contributed by atoms with Crippen molar-refractivity contribution in [2.45, 2.75) is 19.9 Å². The van der Waals surface area contributed by atoms with Gasteiger partial charge in [-0.25, -0.2) is 4.99 Å². The molecule has 1 aromatic carbocycles. The Bertz CT molecular complexity index is 800. The van der Waals surface area contributed by atoms with Crippen molar-refractivity contribution in [3.63, 3.8) is 0 Å². The van der Waals surface area contributed by atoms with Crippen molar-refractivity contribution in [3.8, 4) is 16.3 Å². The van der Waals surface area contributed by atoms with Gasteiger partial charge >= 0.3 is 0 Å². The van der Waals surface area contributed by atoms with Crippen LogP contribution in [0.5, 0.6) is 5.75 Å². The molecule has 5 heteroatoms. The molecule has 0 atom stereocenters. The molecule has 0 spiro atoms. The van der Waals surface area contributed by atoms with Gasteiger partial charge < -0.3 is 9.30 Å². The fraction of sp³-hybridized carbons (Fsp3) is 0.235. The number of nitrogens with zero attached hydrogens (tertiary/aromatic N) is 2. The van der Waals surface area contributed by atoms with Crippen molar-refractivity contribution in [2.24, 2.45) is 4.99 Å². The topological polar surface area (TPSA) is 26.5 Å². The SMILES string of the molecule is CCCn1c(-c2cccs2)csc1=Nc1cccc(OC)c1. The number of hydrogen-bond donors (Lipinski definition) is 0. The molecule has 0 fully saturated rings. The molecule has 0 radical (unpaired) electrons. The molecule has 22 heavy (non-hydrogen) atoms. The lowest BCUT2D eigenvalue weighted by Crippen LogP contribution is -2.15. The first-order valence-electron chi connectivity index (χ1n) is 7.23. The third-order valence-corrected chi connectivity index (χ3v) is 5.05. The molecule has 0 saturated heterocycles. The van der Waals surface area contributed by atoms with E-state index in [2.05, 4.69) is 34.4 Å². The van der Waals surface area contributed by atoms with Crippen molar-refractivity contribution in [2.75, 3.05) is 7.11 Å². The highest BCUT2D eigenvalue weighted by molar-refractivity contribution is 7.14. The predicted molar refractivity (Wildman–Crippen MR) is 94.1 cm³/mol. The van der Waals surface area contributed by atoms with Gasteiger partial charge in [-0.1, -0.05) is 19.1 Å². The number of methoxy groups -OCH3 is 1. The zero-order chi connectivity index (χ0) is 15.4. The third-order valence-electron chi connectivity index (χ3n) is 3.30. The van der Waals surface area contributed by atoms with Crippen LogP contribution in [-0.4, -0.2) is 11.7 Å². The second-order valence-corrected chi connectivity index (χ2v) is 6.63. The predicted octanol–water partition coefficient (Wildman–Crippen LogP) is 4.93. The Kier molecular flexibility index (Phi) is 4.75. The van der Waals surface area contributed by atoms with Crippen LogP contribution in [0.1, 0.15) is 13.3 Å². The van der Waals surface area contributed by atoms with Gasteiger partial charge in [-0.05, 0) is 30.0 Å². The van der Waals surface area contributed by atoms with Gasteiger partial charge in [-0.15, -0.1) is 22.7 Å². The van der Waals surface area contributed by atoms with Gasteiger partial charge in [-0.2, -0.15) is 0 Å². The summed E-state index contributed by atoms with van der Waals surface area (Å²) in [6.07, 6.45) is 1.08. The monoisotopic (exact) mass is 330 g/mol. The summed E-state index contributed by atoms with van der Waals surface area (Å²) >= 11 is 3.45. The molecule has 3 rings (SSSR count). The Balaban J connectivity index is 2.08. The van der Waals surface area contributed by atoms with Crippen LogP contribution in [0.4, 0.5) is 5.69 Å². The molecule has 0 aliphatic carbocycles. The average Bonchev–Trinajstić information content (AvgIpc) is 3.18. The maximum atomic E-state index is 5.27. The molecule has 0 unspecified atom stereocenters. The Morgan fingerprint density at radius 1 is 1.18 bits per heavy atom. The maximum Gasteiger partial charge on any atom is 0.190 e. The van der Waals surface area contributed by atoms with Crippen LogP contribution in [-0.2, 0) is 6.54 Å². The van der Waals surface area contributed by atoms with Crippen molar-refractivity contribution in [1.82, 2.24) is 4.57 Å². The van der Waals surface area contributed by atoms with Crippen LogP contribution < -0.4 is 9.54 Å². The van der Waals surface area contributed by atoms with E-state index in [1.807, 2.05) is 24.3 Å². The van der Waals surface area contributed by atoms with E-state index in [4.69, 9.17) is 9.73 Å². The summed E-state index contributed by atoms with van der Waals surface area (Å²) < 4.78 is 7.57. The third kappa shape index (κ3) is 3.15. The highest BCUT2D eigenvalue weighted by atomic mass is 32.1. The van der Waals surface area contributed by atoms with Crippen LogP contribution in [0.15, 0.2) is 52.2 Å². The minimum Gasteiger partial charge on any atom is -0.497 e. The average molecular weight is 330 g/mol. The summed E-state index contributed by atoms with van der Waals surface area (Å²) in [5.41, 5.74) is 2.17. The van der Waals surface area contributed by atoms with Crippen molar-refractivity contribution in [3.05, 3.63) is 52.0 Å². The summed E-state index contributed by atoms with van der Waals surface area (Å²) in [6.45, 7) is 3.16. The number of thiazole rings is 1. The number of thiophene rings is 1. The molecule has 0 aliphatic rings. The molecular formula is C17H18N2OS2. The lowest BCUT2D eigenvalue weighted by atomic mass is 10.3. The number of ether oxygens (including phenoxy) is 1. The van der Waals surface area contributed by atoms with Gasteiger partial charge in [0.2, 0.25) is 0 Å². The van der Waals surface area contributed by atoms with Gasteiger partial charge in [-0.3, -0.25) is 0 Å². The summed E-state index contributed by atoms with van der Waals surface area (Å²) in [5.74, 6) is 0.832. The molecule has 114 valence electrons. The normalized spacial score (nSPS) is 11.8. The Hall–Kier alpha value is -1.85. The first-order chi connectivity index (χ1) is 10.8. The fourth-order valence-electron chi connectivity index (χ4n) is 2.27. The summed E-state index contributed by atoms with van der Waals surface area (Å²) in [6, 6.07) is 12.1. The first-order valence-corrected chi connectivity index (χ1v) is 8.98. The van der Waals surface area contributed by atoms with Crippen molar-refractivity contribution >= 4 is 28.4 Å². The largest absolute Gasteiger partial charge is 0.497 e. The van der Waals surface area contributed by atoms with Gasteiger partial charge in [0.1, 0.15) is 5.75 Å². The van der Waals surface area contributed by atoms with Crippen LogP contribution in [0, 0.1) is 0 Å². The van der Waals surface area contributed by atoms with E-state index >= 15 is 0 Å². The quantitative estimate of drug-likeness (QED) is 0.651. The summed E-state index contributed by atoms with van der Waals surface area (Å²) in [7, 11) is 1.68. The number of benzene rings is 1. The molecular weight excluding hydrogens is 312 g/mol. The van der Waals surface area contributed by atoms with Crippen molar-refractivity contribution in [1.29, 1.82) is 0 Å². The van der Waals surface area contributed by atoms with E-state index in [9.17, 15) is 0 Å². The van der Waals surface area contributed by atoms with Crippen molar-refractivity contribution < 1.29 is 4.74 Å². The summed E-state index contributed by atoms with van der Waals surface area (Å²) in [4.78, 5) is 7.12. The van der Waals surface area contributed by atoms with Crippen LogP contribution >= 0.6 is 22.7 Å². The summed E-state index contributed by atoms with van der Waals surface area (Å²) in [5, 5.41) is 4.31. The zero-order valence-corrected chi connectivity index (χ0v) is 14.3. The Morgan fingerprint density at radius 2 is 2.09 bits per heavy atom. The van der Waals surface area contributed by atoms with E-state index in [-0.39, 0.29) is 0 Å². The molecule has 3 aromatic rings. The van der Waals surface area contributed by atoms with E-state index in [1.165, 1.54) is 10.6 Å². The van der Waals surface area contributed by atoms with Gasteiger partial charge in [0.25, 0.3) is 0 Å². The number of aromatic nitrogens is 1. The lowest BCUT2D eigenvalue weighted by Gasteiger charge is -2.06. The molecule has 2 heterocycles. The Morgan fingerprint density at radius 3 is 2.82 bits per heavy atom. The van der Waals surface area contributed by atoms with Crippen LogP contribution in [0.25, 0.3) is 10.6 Å². The van der Waals surface area contributed by atoms with E-state index in [0.717, 1.165) is 29.2 Å². The standard InChI is InChI=1S/C17H18N2OS2/c1-3-9-19-15(16-8-5-10-21-16)12-22-17(19)18-13-6-4-7-14(11-13)20-2/h4-8,10-12H,3,9H2,1-2H3.